The SMILES string of the molecule is C=C/C(=N\C(=N)CC1C=C(OC(C)C)[C@@H](C)CC1N(N)PI)c1cn(CC(C)(O)O)nc1C. The number of aromatic nitrogens is 2. The molecule has 1 heterocycles. The number of aliphatic imine (C=N–C) groups is 1. The minimum atomic E-state index is -1.88. The summed E-state index contributed by atoms with van der Waals surface area (Å²) < 4.78 is 9.34. The van der Waals surface area contributed by atoms with Crippen LogP contribution in [-0.4, -0.2) is 54.3 Å². The van der Waals surface area contributed by atoms with Crippen LogP contribution < -0.4 is 5.84 Å². The first-order valence-electron chi connectivity index (χ1n) is 10.9. The summed E-state index contributed by atoms with van der Waals surface area (Å²) >= 11 is 2.28. The van der Waals surface area contributed by atoms with Gasteiger partial charge in [-0.2, -0.15) is 5.10 Å². The van der Waals surface area contributed by atoms with Gasteiger partial charge < -0.3 is 14.9 Å². The zero-order valence-electron chi connectivity index (χ0n) is 19.9. The Morgan fingerprint density at radius 1 is 1.58 bits per heavy atom. The van der Waals surface area contributed by atoms with Crippen LogP contribution in [-0.2, 0) is 11.3 Å². The van der Waals surface area contributed by atoms with Crippen molar-refractivity contribution < 1.29 is 14.9 Å². The van der Waals surface area contributed by atoms with E-state index in [0.717, 1.165) is 12.2 Å². The molecule has 11 heteroatoms. The molecule has 3 unspecified atom stereocenters. The van der Waals surface area contributed by atoms with E-state index >= 15 is 0 Å². The molecule has 0 radical (unpaired) electrons. The first kappa shape index (κ1) is 28.1. The van der Waals surface area contributed by atoms with Gasteiger partial charge in [0.1, 0.15) is 5.84 Å². The lowest BCUT2D eigenvalue weighted by molar-refractivity contribution is -0.156. The van der Waals surface area contributed by atoms with Crippen LogP contribution in [0.5, 0.6) is 0 Å². The number of allylic oxidation sites excluding steroid dienone is 2. The number of rotatable bonds is 10. The summed E-state index contributed by atoms with van der Waals surface area (Å²) in [6.07, 6.45) is 7.16. The molecule has 0 spiro atoms. The number of aliphatic hydroxyl groups is 2. The summed E-state index contributed by atoms with van der Waals surface area (Å²) in [5, 5.41) is 32.3. The Morgan fingerprint density at radius 2 is 2.24 bits per heavy atom. The molecule has 1 aliphatic rings. The van der Waals surface area contributed by atoms with Crippen LogP contribution in [0.4, 0.5) is 0 Å². The highest BCUT2D eigenvalue weighted by molar-refractivity contribution is 14.2. The molecule has 0 amide bonds. The Hall–Kier alpha value is -1.17. The van der Waals surface area contributed by atoms with Crippen LogP contribution in [0.2, 0.25) is 0 Å². The highest BCUT2D eigenvalue weighted by Gasteiger charge is 2.34. The van der Waals surface area contributed by atoms with Crippen molar-refractivity contribution in [3.8, 4) is 0 Å². The molecular weight excluding hydrogens is 554 g/mol. The van der Waals surface area contributed by atoms with Crippen molar-refractivity contribution in [3.63, 3.8) is 0 Å². The number of aryl methyl sites for hydroxylation is 1. The van der Waals surface area contributed by atoms with Crippen LogP contribution in [0.3, 0.4) is 0 Å². The van der Waals surface area contributed by atoms with Crippen LogP contribution >= 0.6 is 28.4 Å². The highest BCUT2D eigenvalue weighted by Crippen LogP contribution is 2.39. The van der Waals surface area contributed by atoms with E-state index < -0.39 is 5.79 Å². The fourth-order valence-corrected chi connectivity index (χ4v) is 5.43. The van der Waals surface area contributed by atoms with Crippen molar-refractivity contribution in [2.45, 2.75) is 71.9 Å². The number of hydrogen-bond donors (Lipinski definition) is 4. The average molecular weight is 590 g/mol. The average Bonchev–Trinajstić information content (AvgIpc) is 3.05. The second-order valence-corrected chi connectivity index (χ2v) is 11.1. The van der Waals surface area contributed by atoms with E-state index in [-0.39, 0.29) is 36.4 Å². The highest BCUT2D eigenvalue weighted by atomic mass is 127. The molecule has 5 N–H and O–H groups in total. The Balaban J connectivity index is 2.29. The van der Waals surface area contributed by atoms with Crippen molar-refractivity contribution in [3.05, 3.63) is 41.9 Å². The summed E-state index contributed by atoms with van der Waals surface area (Å²) in [5.41, 5.74) is 1.88. The topological polar surface area (TPSA) is 133 Å². The van der Waals surface area contributed by atoms with Gasteiger partial charge in [0, 0.05) is 42.4 Å². The van der Waals surface area contributed by atoms with Gasteiger partial charge in [0.2, 0.25) is 0 Å². The number of nitrogens with two attached hydrogens (primary N) is 1. The van der Waals surface area contributed by atoms with Crippen molar-refractivity contribution in [1.29, 1.82) is 5.41 Å². The third-order valence-electron chi connectivity index (χ3n) is 5.34. The molecule has 184 valence electrons. The van der Waals surface area contributed by atoms with Gasteiger partial charge in [0.15, 0.2) is 5.79 Å². The molecule has 0 fully saturated rings. The second-order valence-electron chi connectivity index (χ2n) is 8.99. The first-order valence-corrected chi connectivity index (χ1v) is 15.0. The molecule has 0 saturated carbocycles. The quantitative estimate of drug-likeness (QED) is 0.0625. The van der Waals surface area contributed by atoms with Gasteiger partial charge in [-0.1, -0.05) is 13.5 Å². The number of hydrogen-bond acceptors (Lipinski definition) is 7. The zero-order chi connectivity index (χ0) is 24.9. The molecule has 0 saturated heterocycles. The zero-order valence-corrected chi connectivity index (χ0v) is 23.1. The Labute approximate surface area is 211 Å². The van der Waals surface area contributed by atoms with Gasteiger partial charge in [-0.05, 0) is 68.3 Å². The Bertz CT molecular complexity index is 908. The van der Waals surface area contributed by atoms with Gasteiger partial charge in [-0.15, -0.1) is 0 Å². The second kappa shape index (κ2) is 12.0. The molecule has 33 heavy (non-hydrogen) atoms. The van der Waals surface area contributed by atoms with Crippen molar-refractivity contribution in [2.24, 2.45) is 22.7 Å². The van der Waals surface area contributed by atoms with E-state index in [1.807, 2.05) is 25.6 Å². The largest absolute Gasteiger partial charge is 0.495 e. The van der Waals surface area contributed by atoms with Crippen LogP contribution in [0, 0.1) is 24.2 Å². The van der Waals surface area contributed by atoms with Gasteiger partial charge in [0.25, 0.3) is 0 Å². The summed E-state index contributed by atoms with van der Waals surface area (Å²) in [4.78, 5) is 4.53. The molecule has 2 rings (SSSR count). The number of amidine groups is 1. The summed E-state index contributed by atoms with van der Waals surface area (Å²) in [7, 11) is 0. The van der Waals surface area contributed by atoms with Crippen molar-refractivity contribution >= 4 is 40.0 Å². The lowest BCUT2D eigenvalue weighted by atomic mass is 9.82. The summed E-state index contributed by atoms with van der Waals surface area (Å²) in [6, 6.07) is 0.0914. The van der Waals surface area contributed by atoms with Gasteiger partial charge in [-0.3, -0.25) is 15.9 Å². The van der Waals surface area contributed by atoms with Crippen LogP contribution in [0.25, 0.3) is 0 Å². The van der Waals surface area contributed by atoms with E-state index in [9.17, 15) is 10.2 Å². The molecular formula is C22H36IN6O3P. The monoisotopic (exact) mass is 590 g/mol. The first-order chi connectivity index (χ1) is 15.3. The van der Waals surface area contributed by atoms with Gasteiger partial charge >= 0.3 is 0 Å². The standard InChI is InChI=1S/C22H36IN6O3P/c1-7-18(17-11-28(27-15(17)5)12-22(6,30)31)26-21(24)10-16-9-20(32-13(2)3)14(4)8-19(16)29(25)33-23/h7,9,11,13-14,16,19,24,30-31,33H,1,8,10,12,25H2,2-6H3/b24-21?,26-18+/t14-,16?,19?/m0/s1. The third-order valence-corrected chi connectivity index (χ3v) is 7.54. The van der Waals surface area contributed by atoms with E-state index in [0.29, 0.717) is 29.8 Å². The lowest BCUT2D eigenvalue weighted by Crippen LogP contribution is -2.43. The van der Waals surface area contributed by atoms with Gasteiger partial charge in [-0.25, -0.2) is 9.77 Å². The Morgan fingerprint density at radius 3 is 2.79 bits per heavy atom. The van der Waals surface area contributed by atoms with Crippen molar-refractivity contribution in [2.75, 3.05) is 0 Å². The van der Waals surface area contributed by atoms with E-state index in [1.165, 1.54) is 11.6 Å². The molecule has 0 aliphatic heterocycles. The number of hydrazine groups is 1. The maximum absolute atomic E-state index is 9.66. The lowest BCUT2D eigenvalue weighted by Gasteiger charge is -2.38. The predicted molar refractivity (Wildman–Crippen MR) is 143 cm³/mol. The minimum Gasteiger partial charge on any atom is -0.495 e. The van der Waals surface area contributed by atoms with E-state index in [1.54, 1.807) is 12.3 Å². The summed E-state index contributed by atoms with van der Waals surface area (Å²) in [5.74, 6) is 5.84. The number of halogens is 1. The molecule has 4 atom stereocenters. The fraction of sp³-hybridized carbons (Fsp3) is 0.591. The molecule has 0 bridgehead atoms. The number of nitrogens with one attached hydrogen (secondary N) is 1. The van der Waals surface area contributed by atoms with Crippen molar-refractivity contribution in [1.82, 2.24) is 14.6 Å². The molecule has 1 aliphatic carbocycles. The molecule has 1 aromatic rings. The third kappa shape index (κ3) is 8.22. The number of ether oxygens (including phenoxy) is 1. The minimum absolute atomic E-state index is 0.00200. The van der Waals surface area contributed by atoms with E-state index in [4.69, 9.17) is 16.0 Å². The molecule has 9 nitrogen and oxygen atoms in total. The fourth-order valence-electron chi connectivity index (χ4n) is 3.93. The summed E-state index contributed by atoms with van der Waals surface area (Å²) in [6.45, 7) is 13.0. The molecule has 0 aromatic carbocycles. The van der Waals surface area contributed by atoms with E-state index in [2.05, 4.69) is 51.7 Å². The number of nitrogens with zero attached hydrogens (tertiary/aromatic N) is 4. The van der Waals surface area contributed by atoms with Crippen LogP contribution in [0.15, 0.2) is 35.7 Å². The van der Waals surface area contributed by atoms with Crippen LogP contribution in [0.1, 0.15) is 51.8 Å². The smallest absolute Gasteiger partial charge is 0.179 e. The molecule has 1 aromatic heterocycles. The Kier molecular flexibility index (Phi) is 10.2. The van der Waals surface area contributed by atoms with Gasteiger partial charge in [0.05, 0.1) is 29.8 Å². The maximum atomic E-state index is 9.66. The maximum Gasteiger partial charge on any atom is 0.179 e. The normalized spacial score (nSPS) is 22.3. The predicted octanol–water partition coefficient (Wildman–Crippen LogP) is 3.69.